The Hall–Kier alpha value is -3.15. The average Bonchev–Trinajstić information content (AvgIpc) is 3.00. The van der Waals surface area contributed by atoms with E-state index >= 15 is 0 Å². The highest BCUT2D eigenvalue weighted by molar-refractivity contribution is 5.94. The van der Waals surface area contributed by atoms with Crippen molar-refractivity contribution in [1.82, 2.24) is 19.4 Å². The SMILES string of the molecule is Cc1cncc(C(=O)N2Cc3cccn3C[C@@H](Oc3ccccn3)C2)c1. The van der Waals surface area contributed by atoms with Gasteiger partial charge in [-0.3, -0.25) is 9.78 Å². The lowest BCUT2D eigenvalue weighted by molar-refractivity contribution is 0.0646. The first-order chi connectivity index (χ1) is 12.7. The van der Waals surface area contributed by atoms with Gasteiger partial charge in [-0.05, 0) is 36.8 Å². The van der Waals surface area contributed by atoms with Crippen molar-refractivity contribution in [3.63, 3.8) is 0 Å². The van der Waals surface area contributed by atoms with Gasteiger partial charge in [0.15, 0.2) is 0 Å². The molecule has 0 unspecified atom stereocenters. The lowest BCUT2D eigenvalue weighted by atomic mass is 10.2. The van der Waals surface area contributed by atoms with Gasteiger partial charge in [-0.15, -0.1) is 0 Å². The Balaban J connectivity index is 1.61. The van der Waals surface area contributed by atoms with Crippen LogP contribution < -0.4 is 4.74 Å². The highest BCUT2D eigenvalue weighted by Gasteiger charge is 2.27. The van der Waals surface area contributed by atoms with E-state index < -0.39 is 0 Å². The molecule has 1 aliphatic heterocycles. The molecule has 0 spiro atoms. The van der Waals surface area contributed by atoms with Gasteiger partial charge in [-0.25, -0.2) is 4.98 Å². The summed E-state index contributed by atoms with van der Waals surface area (Å²) in [5.41, 5.74) is 2.66. The molecule has 0 aromatic carbocycles. The van der Waals surface area contributed by atoms with Crippen LogP contribution >= 0.6 is 0 Å². The third-order valence-corrected chi connectivity index (χ3v) is 4.44. The van der Waals surface area contributed by atoms with E-state index in [2.05, 4.69) is 14.5 Å². The maximum Gasteiger partial charge on any atom is 0.255 e. The predicted octanol–water partition coefficient (Wildman–Crippen LogP) is 2.69. The van der Waals surface area contributed by atoms with Crippen LogP contribution in [0.3, 0.4) is 0 Å². The molecular weight excluding hydrogens is 328 g/mol. The van der Waals surface area contributed by atoms with E-state index in [-0.39, 0.29) is 12.0 Å². The van der Waals surface area contributed by atoms with Crippen LogP contribution in [0, 0.1) is 6.92 Å². The van der Waals surface area contributed by atoms with Crippen LogP contribution in [0.5, 0.6) is 5.88 Å². The van der Waals surface area contributed by atoms with Crippen LogP contribution in [0.1, 0.15) is 21.6 Å². The molecule has 0 aliphatic carbocycles. The van der Waals surface area contributed by atoms with Crippen molar-refractivity contribution in [2.24, 2.45) is 0 Å². The Morgan fingerprint density at radius 2 is 2.12 bits per heavy atom. The molecule has 132 valence electrons. The van der Waals surface area contributed by atoms with E-state index in [1.54, 1.807) is 18.6 Å². The predicted molar refractivity (Wildman–Crippen MR) is 96.8 cm³/mol. The smallest absolute Gasteiger partial charge is 0.255 e. The van der Waals surface area contributed by atoms with Gasteiger partial charge in [0, 0.05) is 36.5 Å². The molecule has 0 saturated carbocycles. The van der Waals surface area contributed by atoms with Crippen molar-refractivity contribution in [2.75, 3.05) is 6.54 Å². The summed E-state index contributed by atoms with van der Waals surface area (Å²) in [7, 11) is 0. The Morgan fingerprint density at radius 1 is 1.19 bits per heavy atom. The highest BCUT2D eigenvalue weighted by Crippen LogP contribution is 2.19. The molecule has 1 aliphatic rings. The molecular formula is C20H20N4O2. The van der Waals surface area contributed by atoms with Crippen LogP contribution in [0.2, 0.25) is 0 Å². The maximum absolute atomic E-state index is 13.0. The summed E-state index contributed by atoms with van der Waals surface area (Å²) in [6, 6.07) is 11.5. The second-order valence-electron chi connectivity index (χ2n) is 6.50. The van der Waals surface area contributed by atoms with Crippen LogP contribution in [-0.4, -0.2) is 38.0 Å². The molecule has 6 nitrogen and oxygen atoms in total. The number of aromatic nitrogens is 3. The Kier molecular flexibility index (Phi) is 4.39. The van der Waals surface area contributed by atoms with Gasteiger partial charge in [0.25, 0.3) is 5.91 Å². The molecule has 0 saturated heterocycles. The molecule has 4 heterocycles. The van der Waals surface area contributed by atoms with E-state index in [1.165, 1.54) is 0 Å². The van der Waals surface area contributed by atoms with Crippen molar-refractivity contribution in [3.05, 3.63) is 78.0 Å². The third kappa shape index (κ3) is 3.44. The van der Waals surface area contributed by atoms with E-state index in [4.69, 9.17) is 4.74 Å². The molecule has 1 atom stereocenters. The quantitative estimate of drug-likeness (QED) is 0.730. The summed E-state index contributed by atoms with van der Waals surface area (Å²) in [5.74, 6) is 0.531. The van der Waals surface area contributed by atoms with Gasteiger partial charge >= 0.3 is 0 Å². The number of hydrogen-bond donors (Lipinski definition) is 0. The molecule has 0 bridgehead atoms. The lowest BCUT2D eigenvalue weighted by Gasteiger charge is -2.24. The standard InChI is InChI=1S/C20H20N4O2/c1-15-9-16(11-21-10-15)20(25)24-12-17-5-4-8-23(17)13-18(14-24)26-19-6-2-3-7-22-19/h2-11,18H,12-14H2,1H3/t18-/m1/s1. The fourth-order valence-electron chi connectivity index (χ4n) is 3.23. The van der Waals surface area contributed by atoms with E-state index in [1.807, 2.05) is 54.4 Å². The van der Waals surface area contributed by atoms with Crippen molar-refractivity contribution < 1.29 is 9.53 Å². The van der Waals surface area contributed by atoms with Gasteiger partial charge in [0.1, 0.15) is 6.10 Å². The molecule has 0 fully saturated rings. The van der Waals surface area contributed by atoms with Crippen molar-refractivity contribution in [2.45, 2.75) is 26.1 Å². The van der Waals surface area contributed by atoms with E-state index in [9.17, 15) is 4.79 Å². The minimum absolute atomic E-state index is 0.0366. The van der Waals surface area contributed by atoms with Gasteiger partial charge < -0.3 is 14.2 Å². The number of hydrogen-bond acceptors (Lipinski definition) is 4. The second-order valence-corrected chi connectivity index (χ2v) is 6.50. The van der Waals surface area contributed by atoms with Crippen molar-refractivity contribution >= 4 is 5.91 Å². The third-order valence-electron chi connectivity index (χ3n) is 4.44. The molecule has 6 heteroatoms. The highest BCUT2D eigenvalue weighted by atomic mass is 16.5. The van der Waals surface area contributed by atoms with Crippen molar-refractivity contribution in [3.8, 4) is 5.88 Å². The van der Waals surface area contributed by atoms with Gasteiger partial charge in [0.2, 0.25) is 5.88 Å². The minimum atomic E-state index is -0.180. The zero-order valence-electron chi connectivity index (χ0n) is 14.6. The topological polar surface area (TPSA) is 60.2 Å². The fraction of sp³-hybridized carbons (Fsp3) is 0.250. The summed E-state index contributed by atoms with van der Waals surface area (Å²) < 4.78 is 8.19. The number of rotatable bonds is 3. The lowest BCUT2D eigenvalue weighted by Crippen LogP contribution is -2.38. The van der Waals surface area contributed by atoms with E-state index in [0.29, 0.717) is 31.1 Å². The molecule has 0 radical (unpaired) electrons. The number of nitrogens with zero attached hydrogens (tertiary/aromatic N) is 4. The summed E-state index contributed by atoms with van der Waals surface area (Å²) >= 11 is 0. The average molecular weight is 348 g/mol. The number of aryl methyl sites for hydroxylation is 1. The first kappa shape index (κ1) is 16.3. The minimum Gasteiger partial charge on any atom is -0.471 e. The fourth-order valence-corrected chi connectivity index (χ4v) is 3.23. The molecule has 4 rings (SSSR count). The Morgan fingerprint density at radius 3 is 2.92 bits per heavy atom. The van der Waals surface area contributed by atoms with E-state index in [0.717, 1.165) is 11.3 Å². The van der Waals surface area contributed by atoms with Crippen molar-refractivity contribution in [1.29, 1.82) is 0 Å². The summed E-state index contributed by atoms with van der Waals surface area (Å²) in [4.78, 5) is 23.3. The zero-order chi connectivity index (χ0) is 17.9. The number of carbonyl (C=O) groups is 1. The Bertz CT molecular complexity index is 907. The second kappa shape index (κ2) is 7.00. The number of ether oxygens (including phenoxy) is 1. The molecule has 0 N–H and O–H groups in total. The van der Waals surface area contributed by atoms with Crippen LogP contribution in [0.15, 0.2) is 61.2 Å². The van der Waals surface area contributed by atoms with Crippen LogP contribution in [0.4, 0.5) is 0 Å². The maximum atomic E-state index is 13.0. The largest absolute Gasteiger partial charge is 0.471 e. The number of pyridine rings is 2. The first-order valence-electron chi connectivity index (χ1n) is 8.62. The normalized spacial score (nSPS) is 16.7. The van der Waals surface area contributed by atoms with Crippen LogP contribution in [-0.2, 0) is 13.1 Å². The summed E-state index contributed by atoms with van der Waals surface area (Å²) in [6.45, 7) is 3.64. The molecule has 3 aromatic rings. The monoisotopic (exact) mass is 348 g/mol. The van der Waals surface area contributed by atoms with Gasteiger partial charge in [-0.1, -0.05) is 6.07 Å². The van der Waals surface area contributed by atoms with Gasteiger partial charge in [0.05, 0.1) is 25.2 Å². The number of carbonyl (C=O) groups excluding carboxylic acids is 1. The van der Waals surface area contributed by atoms with Gasteiger partial charge in [-0.2, -0.15) is 0 Å². The number of fused-ring (bicyclic) bond motifs is 1. The molecule has 26 heavy (non-hydrogen) atoms. The zero-order valence-corrected chi connectivity index (χ0v) is 14.6. The first-order valence-corrected chi connectivity index (χ1v) is 8.62. The Labute approximate surface area is 152 Å². The van der Waals surface area contributed by atoms with Crippen LogP contribution in [0.25, 0.3) is 0 Å². The summed E-state index contributed by atoms with van der Waals surface area (Å²) in [5, 5.41) is 0. The molecule has 1 amide bonds. The number of amides is 1. The summed E-state index contributed by atoms with van der Waals surface area (Å²) in [6.07, 6.45) is 6.91. The molecule has 3 aromatic heterocycles.